The fourth-order valence-corrected chi connectivity index (χ4v) is 2.03. The van der Waals surface area contributed by atoms with E-state index in [1.807, 2.05) is 18.2 Å². The van der Waals surface area contributed by atoms with Gasteiger partial charge in [-0.25, -0.2) is 4.79 Å². The largest absolute Gasteiger partial charge is 0.465 e. The average Bonchev–Trinajstić information content (AvgIpc) is 2.39. The molecule has 0 spiro atoms. The Morgan fingerprint density at radius 3 is 2.83 bits per heavy atom. The molecule has 0 aliphatic carbocycles. The topological polar surface area (TPSA) is 70.6 Å². The van der Waals surface area contributed by atoms with Crippen molar-refractivity contribution in [2.24, 2.45) is 0 Å². The van der Waals surface area contributed by atoms with Crippen molar-refractivity contribution in [2.45, 2.75) is 18.6 Å². The number of hydrogen-bond acceptors (Lipinski definition) is 3. The molecule has 0 aromatic heterocycles. The van der Waals surface area contributed by atoms with Crippen LogP contribution in [0.1, 0.15) is 5.56 Å². The van der Waals surface area contributed by atoms with Crippen LogP contribution in [0.2, 0.25) is 0 Å². The molecule has 3 N–H and O–H groups in total. The number of carboxylic acid groups (broad SMARTS) is 1. The molecule has 2 unspecified atom stereocenters. The number of hydrogen-bond donors (Lipinski definition) is 3. The van der Waals surface area contributed by atoms with Gasteiger partial charge in [-0.1, -0.05) is 30.3 Å². The number of amides is 1. The number of morpholine rings is 1. The summed E-state index contributed by atoms with van der Waals surface area (Å²) in [6.07, 6.45) is -0.155. The first kappa shape index (κ1) is 12.9. The van der Waals surface area contributed by atoms with Crippen LogP contribution in [-0.4, -0.2) is 43.0 Å². The Labute approximate surface area is 106 Å². The third-order valence-corrected chi connectivity index (χ3v) is 2.97. The summed E-state index contributed by atoms with van der Waals surface area (Å²) >= 11 is 0. The molecule has 2 atom stereocenters. The molecule has 1 aromatic rings. The zero-order chi connectivity index (χ0) is 12.8. The normalized spacial score (nSPS) is 23.6. The van der Waals surface area contributed by atoms with E-state index < -0.39 is 6.09 Å². The second-order valence-corrected chi connectivity index (χ2v) is 4.44. The number of benzene rings is 1. The van der Waals surface area contributed by atoms with Crippen LogP contribution in [0, 0.1) is 0 Å². The molecular weight excluding hydrogens is 232 g/mol. The second kappa shape index (κ2) is 6.37. The Hall–Kier alpha value is -1.59. The van der Waals surface area contributed by atoms with Gasteiger partial charge in [0.2, 0.25) is 0 Å². The third kappa shape index (κ3) is 4.01. The first-order chi connectivity index (χ1) is 8.74. The molecular formula is C13H18N2O3. The molecule has 1 aliphatic rings. The van der Waals surface area contributed by atoms with E-state index in [4.69, 9.17) is 9.84 Å². The van der Waals surface area contributed by atoms with Crippen molar-refractivity contribution >= 4 is 6.09 Å². The lowest BCUT2D eigenvalue weighted by atomic mass is 10.1. The van der Waals surface area contributed by atoms with E-state index in [0.29, 0.717) is 25.7 Å². The van der Waals surface area contributed by atoms with Gasteiger partial charge in [0.15, 0.2) is 0 Å². The molecule has 1 heterocycles. The summed E-state index contributed by atoms with van der Waals surface area (Å²) in [5.74, 6) is 0. The van der Waals surface area contributed by atoms with Crippen molar-refractivity contribution in [3.63, 3.8) is 0 Å². The van der Waals surface area contributed by atoms with Gasteiger partial charge in [-0.15, -0.1) is 0 Å². The van der Waals surface area contributed by atoms with Crippen molar-refractivity contribution in [1.29, 1.82) is 0 Å². The van der Waals surface area contributed by atoms with Crippen LogP contribution >= 0.6 is 0 Å². The summed E-state index contributed by atoms with van der Waals surface area (Å²) in [5.41, 5.74) is 1.28. The fraction of sp³-hybridized carbons (Fsp3) is 0.462. The molecule has 0 radical (unpaired) electrons. The van der Waals surface area contributed by atoms with Gasteiger partial charge in [-0.3, -0.25) is 0 Å². The average molecular weight is 250 g/mol. The highest BCUT2D eigenvalue weighted by Crippen LogP contribution is 2.07. The molecule has 5 heteroatoms. The second-order valence-electron chi connectivity index (χ2n) is 4.44. The first-order valence-corrected chi connectivity index (χ1v) is 6.10. The van der Waals surface area contributed by atoms with Crippen molar-refractivity contribution < 1.29 is 14.6 Å². The van der Waals surface area contributed by atoms with E-state index in [9.17, 15) is 4.79 Å². The quantitative estimate of drug-likeness (QED) is 0.741. The van der Waals surface area contributed by atoms with Crippen LogP contribution in [0.3, 0.4) is 0 Å². The minimum Gasteiger partial charge on any atom is -0.465 e. The molecule has 1 saturated heterocycles. The molecule has 1 fully saturated rings. The van der Waals surface area contributed by atoms with Gasteiger partial charge >= 0.3 is 6.09 Å². The highest BCUT2D eigenvalue weighted by molar-refractivity contribution is 5.64. The van der Waals surface area contributed by atoms with E-state index >= 15 is 0 Å². The predicted molar refractivity (Wildman–Crippen MR) is 67.7 cm³/mol. The lowest BCUT2D eigenvalue weighted by molar-refractivity contribution is 0.00576. The van der Waals surface area contributed by atoms with Gasteiger partial charge in [0.1, 0.15) is 0 Å². The molecule has 1 aliphatic heterocycles. The van der Waals surface area contributed by atoms with Gasteiger partial charge in [-0.2, -0.15) is 0 Å². The maximum Gasteiger partial charge on any atom is 0.404 e. The van der Waals surface area contributed by atoms with E-state index in [0.717, 1.165) is 6.42 Å². The summed E-state index contributed by atoms with van der Waals surface area (Å²) in [5, 5.41) is 14.2. The van der Waals surface area contributed by atoms with Crippen LogP contribution in [0.15, 0.2) is 30.3 Å². The maximum atomic E-state index is 10.4. The zero-order valence-corrected chi connectivity index (χ0v) is 10.1. The van der Waals surface area contributed by atoms with E-state index in [-0.39, 0.29) is 6.10 Å². The standard InChI is InChI=1S/C13H18N2O3/c16-13(17)15-8-12-7-14-11(9-18-12)6-10-4-2-1-3-5-10/h1-5,11-12,14-15H,6-9H2,(H,16,17). The minimum atomic E-state index is -1.01. The molecule has 0 bridgehead atoms. The third-order valence-electron chi connectivity index (χ3n) is 2.97. The Balaban J connectivity index is 1.72. The van der Waals surface area contributed by atoms with E-state index in [1.54, 1.807) is 0 Å². The van der Waals surface area contributed by atoms with Crippen LogP contribution in [0.25, 0.3) is 0 Å². The smallest absolute Gasteiger partial charge is 0.404 e. The van der Waals surface area contributed by atoms with Crippen LogP contribution in [0.4, 0.5) is 4.79 Å². The SMILES string of the molecule is O=C(O)NCC1CNC(Cc2ccccc2)CO1. The minimum absolute atomic E-state index is 0.0758. The first-order valence-electron chi connectivity index (χ1n) is 6.10. The Morgan fingerprint density at radius 2 is 2.22 bits per heavy atom. The van der Waals surface area contributed by atoms with Gasteiger partial charge in [0, 0.05) is 19.1 Å². The molecule has 1 amide bonds. The van der Waals surface area contributed by atoms with Crippen molar-refractivity contribution in [3.8, 4) is 0 Å². The highest BCUT2D eigenvalue weighted by Gasteiger charge is 2.21. The van der Waals surface area contributed by atoms with E-state index in [1.165, 1.54) is 5.56 Å². The number of ether oxygens (including phenoxy) is 1. The van der Waals surface area contributed by atoms with Crippen LogP contribution in [0.5, 0.6) is 0 Å². The Kier molecular flexibility index (Phi) is 4.55. The number of nitrogens with one attached hydrogen (secondary N) is 2. The summed E-state index contributed by atoms with van der Waals surface area (Å²) in [6.45, 7) is 1.62. The predicted octanol–water partition coefficient (Wildman–Crippen LogP) is 0.854. The highest BCUT2D eigenvalue weighted by atomic mass is 16.5. The lowest BCUT2D eigenvalue weighted by Gasteiger charge is -2.30. The van der Waals surface area contributed by atoms with Gasteiger partial charge < -0.3 is 20.5 Å². The molecule has 18 heavy (non-hydrogen) atoms. The summed E-state index contributed by atoms with van der Waals surface area (Å²) < 4.78 is 5.62. The van der Waals surface area contributed by atoms with Crippen molar-refractivity contribution in [2.75, 3.05) is 19.7 Å². The van der Waals surface area contributed by atoms with Gasteiger partial charge in [-0.05, 0) is 12.0 Å². The number of rotatable bonds is 4. The van der Waals surface area contributed by atoms with Crippen LogP contribution in [-0.2, 0) is 11.2 Å². The maximum absolute atomic E-state index is 10.4. The Morgan fingerprint density at radius 1 is 1.44 bits per heavy atom. The molecule has 98 valence electrons. The zero-order valence-electron chi connectivity index (χ0n) is 10.1. The monoisotopic (exact) mass is 250 g/mol. The molecule has 0 saturated carbocycles. The van der Waals surface area contributed by atoms with Gasteiger partial charge in [0.05, 0.1) is 12.7 Å². The summed E-state index contributed by atoms with van der Waals surface area (Å²) in [6, 6.07) is 10.5. The van der Waals surface area contributed by atoms with Crippen molar-refractivity contribution in [3.05, 3.63) is 35.9 Å². The Bertz CT molecular complexity index is 375. The summed E-state index contributed by atoms with van der Waals surface area (Å²) in [4.78, 5) is 10.4. The van der Waals surface area contributed by atoms with E-state index in [2.05, 4.69) is 22.8 Å². The lowest BCUT2D eigenvalue weighted by Crippen LogP contribution is -2.50. The fourth-order valence-electron chi connectivity index (χ4n) is 2.03. The molecule has 5 nitrogen and oxygen atoms in total. The van der Waals surface area contributed by atoms with Gasteiger partial charge in [0.25, 0.3) is 0 Å². The molecule has 1 aromatic carbocycles. The van der Waals surface area contributed by atoms with Crippen LogP contribution < -0.4 is 10.6 Å². The van der Waals surface area contributed by atoms with Crippen molar-refractivity contribution in [1.82, 2.24) is 10.6 Å². The molecule has 2 rings (SSSR count). The number of carbonyl (C=O) groups is 1. The summed E-state index contributed by atoms with van der Waals surface area (Å²) in [7, 11) is 0.